The summed E-state index contributed by atoms with van der Waals surface area (Å²) < 4.78 is 13.3. The van der Waals surface area contributed by atoms with Crippen molar-refractivity contribution in [2.75, 3.05) is 10.6 Å². The highest BCUT2D eigenvalue weighted by atomic mass is 32.1. The van der Waals surface area contributed by atoms with Gasteiger partial charge >= 0.3 is 0 Å². The van der Waals surface area contributed by atoms with Crippen molar-refractivity contribution in [1.82, 2.24) is 4.98 Å². The summed E-state index contributed by atoms with van der Waals surface area (Å²) in [4.78, 5) is 18.7. The van der Waals surface area contributed by atoms with Gasteiger partial charge in [-0.15, -0.1) is 0 Å². The lowest BCUT2D eigenvalue weighted by atomic mass is 10.1. The van der Waals surface area contributed by atoms with E-state index in [9.17, 15) is 9.18 Å². The highest BCUT2D eigenvalue weighted by Gasteiger charge is 2.25. The molecule has 0 aliphatic rings. The maximum Gasteiger partial charge on any atom is 0.240 e. The Bertz CT molecular complexity index is 1020. The number of hydrogen-bond donors (Lipinski definition) is 2. The van der Waals surface area contributed by atoms with E-state index in [1.54, 1.807) is 36.1 Å². The van der Waals surface area contributed by atoms with Crippen molar-refractivity contribution in [2.45, 2.75) is 19.4 Å². The third-order valence-electron chi connectivity index (χ3n) is 4.27. The molecule has 0 saturated heterocycles. The predicted molar refractivity (Wildman–Crippen MR) is 108 cm³/mol. The molecule has 0 spiro atoms. The Balaban J connectivity index is 1.95. The van der Waals surface area contributed by atoms with Gasteiger partial charge in [0.15, 0.2) is 5.13 Å². The number of primary amides is 1. The monoisotopic (exact) mass is 395 g/mol. The van der Waals surface area contributed by atoms with Crippen LogP contribution in [0.25, 0.3) is 0 Å². The lowest BCUT2D eigenvalue weighted by Crippen LogP contribution is -2.39. The van der Waals surface area contributed by atoms with Crippen molar-refractivity contribution in [3.05, 3.63) is 70.4 Å². The summed E-state index contributed by atoms with van der Waals surface area (Å²) in [6, 6.07) is 14.3. The van der Waals surface area contributed by atoms with Crippen molar-refractivity contribution >= 4 is 33.9 Å². The number of aromatic nitrogens is 1. The molecule has 3 aromatic rings. The van der Waals surface area contributed by atoms with Crippen LogP contribution < -0.4 is 16.4 Å². The molecule has 0 aliphatic heterocycles. The van der Waals surface area contributed by atoms with Crippen LogP contribution >= 0.6 is 11.3 Å². The van der Waals surface area contributed by atoms with E-state index >= 15 is 0 Å². The molecule has 1 heterocycles. The van der Waals surface area contributed by atoms with Gasteiger partial charge in [0.2, 0.25) is 5.91 Å². The number of nitrogens with zero attached hydrogens (tertiary/aromatic N) is 3. The molecule has 142 valence electrons. The van der Waals surface area contributed by atoms with Crippen LogP contribution in [0.1, 0.15) is 22.9 Å². The second-order valence-electron chi connectivity index (χ2n) is 6.22. The van der Waals surface area contributed by atoms with Crippen LogP contribution in [0.5, 0.6) is 0 Å². The van der Waals surface area contributed by atoms with Crippen LogP contribution in [0, 0.1) is 17.1 Å². The van der Waals surface area contributed by atoms with Gasteiger partial charge in [0.25, 0.3) is 0 Å². The summed E-state index contributed by atoms with van der Waals surface area (Å²) in [6.45, 7) is 1.66. The molecule has 3 rings (SSSR count). The second-order valence-corrected chi connectivity index (χ2v) is 7.28. The molecular weight excluding hydrogens is 377 g/mol. The molecule has 6 nitrogen and oxygen atoms in total. The van der Waals surface area contributed by atoms with Gasteiger partial charge in [-0.25, -0.2) is 9.37 Å². The number of carbonyl (C=O) groups excluding carboxylic acids is 1. The number of anilines is 3. The maximum absolute atomic E-state index is 13.3. The highest BCUT2D eigenvalue weighted by molar-refractivity contribution is 7.16. The Morgan fingerprint density at radius 1 is 1.25 bits per heavy atom. The molecule has 8 heteroatoms. The molecular formula is C20H18FN5OS. The molecule has 0 bridgehead atoms. The largest absolute Gasteiger partial charge is 0.383 e. The van der Waals surface area contributed by atoms with E-state index in [4.69, 9.17) is 16.7 Å². The number of nitrogens with two attached hydrogens (primary N) is 2. The summed E-state index contributed by atoms with van der Waals surface area (Å²) in [5.74, 6) is -0.560. The van der Waals surface area contributed by atoms with Gasteiger partial charge in [-0.1, -0.05) is 23.5 Å². The van der Waals surface area contributed by atoms with Gasteiger partial charge in [-0.3, -0.25) is 4.79 Å². The fourth-order valence-corrected chi connectivity index (χ4v) is 3.81. The average Bonchev–Trinajstić information content (AvgIpc) is 3.04. The second kappa shape index (κ2) is 8.06. The standard InChI is InChI=1S/C20H18FN5OS/c1-12(19(24)27)26(16-8-6-15(21)7-9-16)20-25-18(23)17(28-20)10-13-2-4-14(11-22)5-3-13/h2-9,12H,10,23H2,1H3,(H2,24,27). The van der Waals surface area contributed by atoms with Crippen LogP contribution in [0.15, 0.2) is 48.5 Å². The quantitative estimate of drug-likeness (QED) is 0.665. The fraction of sp³-hybridized carbons (Fsp3) is 0.150. The van der Waals surface area contributed by atoms with Crippen molar-refractivity contribution in [1.29, 1.82) is 5.26 Å². The number of nitriles is 1. The third kappa shape index (κ3) is 4.10. The lowest BCUT2D eigenvalue weighted by molar-refractivity contribution is -0.118. The molecule has 0 saturated carbocycles. The number of benzene rings is 2. The number of amides is 1. The highest BCUT2D eigenvalue weighted by Crippen LogP contribution is 2.35. The van der Waals surface area contributed by atoms with E-state index in [0.717, 1.165) is 10.4 Å². The average molecular weight is 395 g/mol. The topological polar surface area (TPSA) is 109 Å². The molecule has 0 aliphatic carbocycles. The van der Waals surface area contributed by atoms with Crippen LogP contribution in [-0.2, 0) is 11.2 Å². The molecule has 28 heavy (non-hydrogen) atoms. The van der Waals surface area contributed by atoms with Gasteiger partial charge in [-0.2, -0.15) is 5.26 Å². The minimum atomic E-state index is -0.696. The Labute approximate surface area is 165 Å². The van der Waals surface area contributed by atoms with Crippen LogP contribution in [0.4, 0.5) is 21.0 Å². The Morgan fingerprint density at radius 2 is 1.89 bits per heavy atom. The summed E-state index contributed by atoms with van der Waals surface area (Å²) in [7, 11) is 0. The van der Waals surface area contributed by atoms with E-state index in [1.807, 2.05) is 12.1 Å². The minimum Gasteiger partial charge on any atom is -0.383 e. The zero-order valence-corrected chi connectivity index (χ0v) is 15.9. The van der Waals surface area contributed by atoms with E-state index in [2.05, 4.69) is 11.1 Å². The first-order chi connectivity index (χ1) is 13.4. The van der Waals surface area contributed by atoms with Crippen LogP contribution in [-0.4, -0.2) is 16.9 Å². The smallest absolute Gasteiger partial charge is 0.240 e. The van der Waals surface area contributed by atoms with E-state index in [0.29, 0.717) is 28.6 Å². The number of carbonyl (C=O) groups is 1. The Morgan fingerprint density at radius 3 is 2.46 bits per heavy atom. The minimum absolute atomic E-state index is 0.355. The molecule has 1 aromatic heterocycles. The van der Waals surface area contributed by atoms with Gasteiger partial charge in [0.1, 0.15) is 17.7 Å². The van der Waals surface area contributed by atoms with Crippen molar-refractivity contribution in [3.63, 3.8) is 0 Å². The summed E-state index contributed by atoms with van der Waals surface area (Å²) in [5.41, 5.74) is 13.8. The molecule has 0 fully saturated rings. The molecule has 1 amide bonds. The van der Waals surface area contributed by atoms with E-state index in [1.165, 1.54) is 23.5 Å². The molecule has 4 N–H and O–H groups in total. The SMILES string of the molecule is CC(C(N)=O)N(c1ccc(F)cc1)c1nc(N)c(Cc2ccc(C#N)cc2)s1. The molecule has 1 atom stereocenters. The Kier molecular flexibility index (Phi) is 5.57. The first-order valence-electron chi connectivity index (χ1n) is 8.47. The molecule has 2 aromatic carbocycles. The zero-order valence-electron chi connectivity index (χ0n) is 15.1. The number of hydrogen-bond acceptors (Lipinski definition) is 6. The van der Waals surface area contributed by atoms with E-state index in [-0.39, 0.29) is 5.82 Å². The number of halogens is 1. The van der Waals surface area contributed by atoms with Gasteiger partial charge in [0, 0.05) is 12.1 Å². The summed E-state index contributed by atoms with van der Waals surface area (Å²) in [6.07, 6.45) is 0.539. The number of nitrogen functional groups attached to an aromatic ring is 1. The van der Waals surface area contributed by atoms with Crippen LogP contribution in [0.3, 0.4) is 0 Å². The molecule has 1 unspecified atom stereocenters. The maximum atomic E-state index is 13.3. The van der Waals surface area contributed by atoms with Crippen molar-refractivity contribution in [3.8, 4) is 6.07 Å². The van der Waals surface area contributed by atoms with Crippen molar-refractivity contribution in [2.24, 2.45) is 5.73 Å². The van der Waals surface area contributed by atoms with Crippen LogP contribution in [0.2, 0.25) is 0 Å². The fourth-order valence-electron chi connectivity index (χ4n) is 2.69. The summed E-state index contributed by atoms with van der Waals surface area (Å²) in [5, 5.41) is 9.40. The van der Waals surface area contributed by atoms with Gasteiger partial charge in [0.05, 0.1) is 16.5 Å². The first-order valence-corrected chi connectivity index (χ1v) is 9.29. The Hall–Kier alpha value is -3.44. The van der Waals surface area contributed by atoms with E-state index < -0.39 is 11.9 Å². The zero-order chi connectivity index (χ0) is 20.3. The summed E-state index contributed by atoms with van der Waals surface area (Å²) >= 11 is 1.34. The number of thiazole rings is 1. The molecule has 0 radical (unpaired) electrons. The predicted octanol–water partition coefficient (Wildman–Crippen LogP) is 3.34. The first kappa shape index (κ1) is 19.3. The van der Waals surface area contributed by atoms with Crippen molar-refractivity contribution < 1.29 is 9.18 Å². The van der Waals surface area contributed by atoms with Gasteiger partial charge in [-0.05, 0) is 48.9 Å². The van der Waals surface area contributed by atoms with Gasteiger partial charge < -0.3 is 16.4 Å². The normalized spacial score (nSPS) is 11.6. The number of rotatable bonds is 6. The third-order valence-corrected chi connectivity index (χ3v) is 5.34. The lowest BCUT2D eigenvalue weighted by Gasteiger charge is -2.26.